The summed E-state index contributed by atoms with van der Waals surface area (Å²) in [6.07, 6.45) is 10.4. The Labute approximate surface area is 175 Å². The standard InChI is InChI=1S/C26H36O3/c1-25-14-12-19(27)16-18(25)8-9-20-21-10-11-23(26(21,2)15-13-22(20)25)29-24(28)17-6-4-3-5-7-17/h3-7,18-23,27H,8-16H2,1-2H3/t18-,19?,20-,21-,22-,23-,25-,26-/m0/s1. The Morgan fingerprint density at radius 1 is 0.931 bits per heavy atom. The second-order valence-electron chi connectivity index (χ2n) is 11.0. The lowest BCUT2D eigenvalue weighted by Gasteiger charge is -2.60. The Balaban J connectivity index is 1.34. The van der Waals surface area contributed by atoms with E-state index in [0.29, 0.717) is 22.8 Å². The molecule has 5 rings (SSSR count). The van der Waals surface area contributed by atoms with Crippen LogP contribution >= 0.6 is 0 Å². The van der Waals surface area contributed by atoms with Gasteiger partial charge in [-0.2, -0.15) is 0 Å². The molecular formula is C26H36O3. The van der Waals surface area contributed by atoms with Gasteiger partial charge in [0.1, 0.15) is 6.10 Å². The molecule has 3 nitrogen and oxygen atoms in total. The fourth-order valence-corrected chi connectivity index (χ4v) is 8.15. The number of hydrogen-bond donors (Lipinski definition) is 1. The number of carbonyl (C=O) groups excluding carboxylic acids is 1. The third kappa shape index (κ3) is 3.07. The van der Waals surface area contributed by atoms with E-state index in [2.05, 4.69) is 13.8 Å². The molecule has 1 unspecified atom stereocenters. The second-order valence-corrected chi connectivity index (χ2v) is 11.0. The number of aliphatic hydroxyl groups is 1. The van der Waals surface area contributed by atoms with Crippen molar-refractivity contribution in [1.29, 1.82) is 0 Å². The Kier molecular flexibility index (Phi) is 4.81. The Bertz CT molecular complexity index is 760. The van der Waals surface area contributed by atoms with E-state index in [1.54, 1.807) is 0 Å². The molecule has 4 aliphatic rings. The van der Waals surface area contributed by atoms with Crippen LogP contribution in [0.2, 0.25) is 0 Å². The van der Waals surface area contributed by atoms with Gasteiger partial charge in [0.25, 0.3) is 0 Å². The average molecular weight is 397 g/mol. The predicted molar refractivity (Wildman–Crippen MR) is 113 cm³/mol. The number of benzene rings is 1. The highest BCUT2D eigenvalue weighted by Crippen LogP contribution is 2.66. The first-order valence-electron chi connectivity index (χ1n) is 11.9. The molecule has 0 radical (unpaired) electrons. The molecule has 8 atom stereocenters. The van der Waals surface area contributed by atoms with E-state index in [-0.39, 0.29) is 23.6 Å². The summed E-state index contributed by atoms with van der Waals surface area (Å²) in [5.74, 6) is 2.78. The molecule has 1 N–H and O–H groups in total. The maximum absolute atomic E-state index is 12.7. The van der Waals surface area contributed by atoms with Crippen LogP contribution in [0.5, 0.6) is 0 Å². The van der Waals surface area contributed by atoms with E-state index in [9.17, 15) is 9.90 Å². The van der Waals surface area contributed by atoms with Gasteiger partial charge in [0.2, 0.25) is 0 Å². The van der Waals surface area contributed by atoms with Crippen molar-refractivity contribution in [3.05, 3.63) is 35.9 Å². The first kappa shape index (κ1) is 19.6. The highest BCUT2D eigenvalue weighted by atomic mass is 16.5. The van der Waals surface area contributed by atoms with E-state index in [4.69, 9.17) is 4.74 Å². The molecule has 4 aliphatic carbocycles. The van der Waals surface area contributed by atoms with Crippen LogP contribution in [0.3, 0.4) is 0 Å². The van der Waals surface area contributed by atoms with Crippen LogP contribution in [0.15, 0.2) is 30.3 Å². The molecular weight excluding hydrogens is 360 g/mol. The zero-order chi connectivity index (χ0) is 20.2. The maximum Gasteiger partial charge on any atom is 0.338 e. The largest absolute Gasteiger partial charge is 0.458 e. The molecule has 158 valence electrons. The van der Waals surface area contributed by atoms with Gasteiger partial charge in [-0.3, -0.25) is 0 Å². The van der Waals surface area contributed by atoms with Crippen LogP contribution in [0.1, 0.15) is 82.0 Å². The van der Waals surface area contributed by atoms with Crippen molar-refractivity contribution in [3.8, 4) is 0 Å². The van der Waals surface area contributed by atoms with Crippen molar-refractivity contribution in [2.75, 3.05) is 0 Å². The van der Waals surface area contributed by atoms with Gasteiger partial charge in [-0.1, -0.05) is 32.0 Å². The molecule has 0 heterocycles. The van der Waals surface area contributed by atoms with Gasteiger partial charge in [-0.15, -0.1) is 0 Å². The molecule has 0 bridgehead atoms. The minimum absolute atomic E-state index is 0.0554. The van der Waals surface area contributed by atoms with Gasteiger partial charge in [0.15, 0.2) is 0 Å². The first-order valence-corrected chi connectivity index (χ1v) is 11.9. The molecule has 1 aromatic carbocycles. The molecule has 4 saturated carbocycles. The lowest BCUT2D eigenvalue weighted by atomic mass is 9.45. The summed E-state index contributed by atoms with van der Waals surface area (Å²) >= 11 is 0. The molecule has 4 fully saturated rings. The number of hydrogen-bond acceptors (Lipinski definition) is 3. The molecule has 0 spiro atoms. The summed E-state index contributed by atoms with van der Waals surface area (Å²) in [7, 11) is 0. The van der Waals surface area contributed by atoms with Crippen LogP contribution in [-0.4, -0.2) is 23.3 Å². The number of ether oxygens (including phenoxy) is 1. The van der Waals surface area contributed by atoms with Gasteiger partial charge < -0.3 is 9.84 Å². The molecule has 1 aromatic rings. The summed E-state index contributed by atoms with van der Waals surface area (Å²) < 4.78 is 6.12. The zero-order valence-electron chi connectivity index (χ0n) is 18.0. The summed E-state index contributed by atoms with van der Waals surface area (Å²) in [5, 5.41) is 10.2. The minimum Gasteiger partial charge on any atom is -0.458 e. The van der Waals surface area contributed by atoms with E-state index in [1.807, 2.05) is 30.3 Å². The Hall–Kier alpha value is -1.35. The van der Waals surface area contributed by atoms with Gasteiger partial charge in [-0.25, -0.2) is 4.79 Å². The first-order chi connectivity index (χ1) is 13.9. The molecule has 0 saturated heterocycles. The van der Waals surface area contributed by atoms with Crippen LogP contribution < -0.4 is 0 Å². The van der Waals surface area contributed by atoms with E-state index < -0.39 is 0 Å². The molecule has 0 aliphatic heterocycles. The summed E-state index contributed by atoms with van der Waals surface area (Å²) in [6.45, 7) is 4.94. The topological polar surface area (TPSA) is 46.5 Å². The number of carbonyl (C=O) groups is 1. The normalized spacial score (nSPS) is 46.3. The molecule has 0 aromatic heterocycles. The van der Waals surface area contributed by atoms with Crippen LogP contribution in [0, 0.1) is 34.5 Å². The summed E-state index contributed by atoms with van der Waals surface area (Å²) in [5.41, 5.74) is 1.20. The highest BCUT2D eigenvalue weighted by Gasteiger charge is 2.61. The van der Waals surface area contributed by atoms with E-state index >= 15 is 0 Å². The van der Waals surface area contributed by atoms with Gasteiger partial charge >= 0.3 is 5.97 Å². The van der Waals surface area contributed by atoms with Gasteiger partial charge in [-0.05, 0) is 99.0 Å². The Morgan fingerprint density at radius 3 is 2.45 bits per heavy atom. The number of rotatable bonds is 2. The van der Waals surface area contributed by atoms with Crippen molar-refractivity contribution >= 4 is 5.97 Å². The van der Waals surface area contributed by atoms with Crippen LogP contribution in [0.4, 0.5) is 0 Å². The van der Waals surface area contributed by atoms with Gasteiger partial charge in [0, 0.05) is 5.41 Å². The third-order valence-corrected chi connectivity index (χ3v) is 9.81. The van der Waals surface area contributed by atoms with Crippen molar-refractivity contribution in [2.24, 2.45) is 34.5 Å². The third-order valence-electron chi connectivity index (χ3n) is 9.81. The van der Waals surface area contributed by atoms with E-state index in [0.717, 1.165) is 31.1 Å². The quantitative estimate of drug-likeness (QED) is 0.660. The highest BCUT2D eigenvalue weighted by molar-refractivity contribution is 5.89. The second kappa shape index (κ2) is 7.11. The van der Waals surface area contributed by atoms with Crippen molar-refractivity contribution in [1.82, 2.24) is 0 Å². The van der Waals surface area contributed by atoms with Gasteiger partial charge in [0.05, 0.1) is 11.7 Å². The Morgan fingerprint density at radius 2 is 1.66 bits per heavy atom. The van der Waals surface area contributed by atoms with Crippen molar-refractivity contribution < 1.29 is 14.6 Å². The number of aliphatic hydroxyl groups excluding tert-OH is 1. The molecule has 29 heavy (non-hydrogen) atoms. The maximum atomic E-state index is 12.7. The van der Waals surface area contributed by atoms with Crippen LogP contribution in [0.25, 0.3) is 0 Å². The summed E-state index contributed by atoms with van der Waals surface area (Å²) in [4.78, 5) is 12.7. The number of esters is 1. The lowest BCUT2D eigenvalue weighted by molar-refractivity contribution is -0.134. The lowest BCUT2D eigenvalue weighted by Crippen LogP contribution is -2.54. The fraction of sp³-hybridized carbons (Fsp3) is 0.731. The minimum atomic E-state index is -0.156. The monoisotopic (exact) mass is 396 g/mol. The SMILES string of the molecule is C[C@]12CCC(O)C[C@@H]1CC[C@@H]1[C@@H]2CC[C@]2(C)[C@@H](OC(=O)c3ccccc3)CC[C@@H]12. The zero-order valence-corrected chi connectivity index (χ0v) is 18.0. The van der Waals surface area contributed by atoms with Crippen LogP contribution in [-0.2, 0) is 4.74 Å². The fourth-order valence-electron chi connectivity index (χ4n) is 8.15. The average Bonchev–Trinajstić information content (AvgIpc) is 3.05. The van der Waals surface area contributed by atoms with Crippen molar-refractivity contribution in [3.63, 3.8) is 0 Å². The summed E-state index contributed by atoms with van der Waals surface area (Å²) in [6, 6.07) is 9.45. The number of fused-ring (bicyclic) bond motifs is 5. The molecule has 0 amide bonds. The predicted octanol–water partition coefficient (Wildman–Crippen LogP) is 5.62. The van der Waals surface area contributed by atoms with E-state index in [1.165, 1.54) is 38.5 Å². The van der Waals surface area contributed by atoms with Crippen molar-refractivity contribution in [2.45, 2.75) is 83.8 Å². The molecule has 3 heteroatoms. The smallest absolute Gasteiger partial charge is 0.338 e.